The molecular formula is C10H9N2. The Morgan fingerprint density at radius 2 is 1.83 bits per heavy atom. The molecule has 2 rings (SSSR count). The molecule has 0 heterocycles. The summed E-state index contributed by atoms with van der Waals surface area (Å²) in [5, 5.41) is 2.08. The summed E-state index contributed by atoms with van der Waals surface area (Å²) in [5.74, 6) is 0. The van der Waals surface area contributed by atoms with Gasteiger partial charge in [0.1, 0.15) is 0 Å². The van der Waals surface area contributed by atoms with Crippen LogP contribution >= 0.6 is 0 Å². The zero-order valence-electron chi connectivity index (χ0n) is 6.54. The topological polar surface area (TPSA) is 52.0 Å². The molecule has 2 aromatic rings. The van der Waals surface area contributed by atoms with Crippen LogP contribution in [0, 0.1) is 6.07 Å². The van der Waals surface area contributed by atoms with E-state index in [0.29, 0.717) is 11.4 Å². The molecule has 12 heavy (non-hydrogen) atoms. The molecule has 4 N–H and O–H groups in total. The van der Waals surface area contributed by atoms with Crippen molar-refractivity contribution in [3.8, 4) is 0 Å². The van der Waals surface area contributed by atoms with Crippen LogP contribution in [0.15, 0.2) is 30.3 Å². The Labute approximate surface area is 70.8 Å². The number of anilines is 2. The van der Waals surface area contributed by atoms with Crippen LogP contribution in [0.3, 0.4) is 0 Å². The normalized spacial score (nSPS) is 10.3. The summed E-state index contributed by atoms with van der Waals surface area (Å²) in [7, 11) is 0. The highest BCUT2D eigenvalue weighted by Crippen LogP contribution is 2.22. The zero-order chi connectivity index (χ0) is 8.55. The second-order valence-corrected chi connectivity index (χ2v) is 2.73. The van der Waals surface area contributed by atoms with Crippen LogP contribution < -0.4 is 11.5 Å². The van der Waals surface area contributed by atoms with Gasteiger partial charge in [0.25, 0.3) is 0 Å². The Hall–Kier alpha value is -1.70. The number of hydrogen-bond donors (Lipinski definition) is 2. The first kappa shape index (κ1) is 6.98. The van der Waals surface area contributed by atoms with Gasteiger partial charge in [0, 0.05) is 6.07 Å². The molecule has 0 spiro atoms. The smallest absolute Gasteiger partial charge is 0.0634 e. The van der Waals surface area contributed by atoms with Crippen molar-refractivity contribution < 1.29 is 0 Å². The summed E-state index contributed by atoms with van der Waals surface area (Å²) >= 11 is 0. The second-order valence-electron chi connectivity index (χ2n) is 2.73. The van der Waals surface area contributed by atoms with E-state index in [9.17, 15) is 0 Å². The van der Waals surface area contributed by atoms with E-state index in [-0.39, 0.29) is 0 Å². The highest BCUT2D eigenvalue weighted by atomic mass is 14.7. The van der Waals surface area contributed by atoms with Gasteiger partial charge in [-0.05, 0) is 16.8 Å². The quantitative estimate of drug-likeness (QED) is 0.573. The molecule has 0 amide bonds. The Bertz CT molecular complexity index is 381. The molecule has 1 radical (unpaired) electrons. The van der Waals surface area contributed by atoms with Gasteiger partial charge in [-0.1, -0.05) is 24.3 Å². The number of nitrogen functional groups attached to an aromatic ring is 2. The van der Waals surface area contributed by atoms with E-state index in [1.54, 1.807) is 0 Å². The summed E-state index contributed by atoms with van der Waals surface area (Å²) in [6.45, 7) is 0. The Balaban J connectivity index is 2.84. The lowest BCUT2D eigenvalue weighted by Crippen LogP contribution is -1.94. The van der Waals surface area contributed by atoms with Gasteiger partial charge in [-0.25, -0.2) is 0 Å². The molecule has 0 saturated heterocycles. The predicted octanol–water partition coefficient (Wildman–Crippen LogP) is 1.80. The first-order chi connectivity index (χ1) is 5.77. The average molecular weight is 157 g/mol. The molecule has 0 fully saturated rings. The van der Waals surface area contributed by atoms with Gasteiger partial charge in [0.05, 0.1) is 11.4 Å². The lowest BCUT2D eigenvalue weighted by atomic mass is 10.1. The van der Waals surface area contributed by atoms with E-state index >= 15 is 0 Å². The Kier molecular flexibility index (Phi) is 1.40. The SMILES string of the molecule is Nc1[c]c2ccccc2cc1N. The summed E-state index contributed by atoms with van der Waals surface area (Å²) in [6.07, 6.45) is 0. The van der Waals surface area contributed by atoms with Crippen molar-refractivity contribution in [1.29, 1.82) is 0 Å². The van der Waals surface area contributed by atoms with Gasteiger partial charge >= 0.3 is 0 Å². The van der Waals surface area contributed by atoms with Crippen molar-refractivity contribution >= 4 is 22.1 Å². The van der Waals surface area contributed by atoms with Crippen LogP contribution in [0.4, 0.5) is 11.4 Å². The fourth-order valence-electron chi connectivity index (χ4n) is 1.20. The number of benzene rings is 2. The highest BCUT2D eigenvalue weighted by molar-refractivity contribution is 5.89. The third kappa shape index (κ3) is 0.975. The van der Waals surface area contributed by atoms with Crippen LogP contribution in [0.25, 0.3) is 10.8 Å². The van der Waals surface area contributed by atoms with E-state index in [4.69, 9.17) is 11.5 Å². The zero-order valence-corrected chi connectivity index (χ0v) is 6.54. The van der Waals surface area contributed by atoms with Gasteiger partial charge in [-0.3, -0.25) is 0 Å². The van der Waals surface area contributed by atoms with Crippen LogP contribution in [0.5, 0.6) is 0 Å². The second kappa shape index (κ2) is 2.41. The lowest BCUT2D eigenvalue weighted by molar-refractivity contribution is 1.69. The number of nitrogens with two attached hydrogens (primary N) is 2. The molecule has 0 saturated carbocycles. The minimum Gasteiger partial charge on any atom is -0.397 e. The van der Waals surface area contributed by atoms with Crippen molar-refractivity contribution in [3.05, 3.63) is 36.4 Å². The van der Waals surface area contributed by atoms with Gasteiger partial charge in [-0.2, -0.15) is 0 Å². The molecule has 0 aromatic heterocycles. The minimum absolute atomic E-state index is 0.522. The summed E-state index contributed by atoms with van der Waals surface area (Å²) in [6, 6.07) is 12.7. The fourth-order valence-corrected chi connectivity index (χ4v) is 1.20. The van der Waals surface area contributed by atoms with Gasteiger partial charge in [-0.15, -0.1) is 0 Å². The van der Waals surface area contributed by atoms with E-state index < -0.39 is 0 Å². The number of rotatable bonds is 0. The van der Waals surface area contributed by atoms with Gasteiger partial charge in [0.2, 0.25) is 0 Å². The Morgan fingerprint density at radius 3 is 2.67 bits per heavy atom. The largest absolute Gasteiger partial charge is 0.397 e. The maximum atomic E-state index is 5.63. The van der Waals surface area contributed by atoms with Crippen LogP contribution in [0.1, 0.15) is 0 Å². The molecule has 2 aromatic carbocycles. The standard InChI is InChI=1S/C10H9N2/c11-9-5-7-3-1-2-4-8(7)6-10(9)12/h1-5H,11-12H2. The molecule has 2 nitrogen and oxygen atoms in total. The maximum Gasteiger partial charge on any atom is 0.0634 e. The molecule has 0 aliphatic rings. The fraction of sp³-hybridized carbons (Fsp3) is 0. The lowest BCUT2D eigenvalue weighted by Gasteiger charge is -2.01. The highest BCUT2D eigenvalue weighted by Gasteiger charge is 1.97. The van der Waals surface area contributed by atoms with E-state index in [0.717, 1.165) is 10.8 Å². The van der Waals surface area contributed by atoms with E-state index in [1.807, 2.05) is 30.3 Å². The molecule has 0 bridgehead atoms. The molecule has 59 valence electrons. The van der Waals surface area contributed by atoms with E-state index in [2.05, 4.69) is 6.07 Å². The summed E-state index contributed by atoms with van der Waals surface area (Å²) in [4.78, 5) is 0. The van der Waals surface area contributed by atoms with Crippen LogP contribution in [0.2, 0.25) is 0 Å². The predicted molar refractivity (Wildman–Crippen MR) is 51.6 cm³/mol. The Morgan fingerprint density at radius 1 is 1.08 bits per heavy atom. The van der Waals surface area contributed by atoms with Crippen molar-refractivity contribution in [3.63, 3.8) is 0 Å². The van der Waals surface area contributed by atoms with Crippen molar-refractivity contribution in [2.45, 2.75) is 0 Å². The molecule has 2 heteroatoms. The van der Waals surface area contributed by atoms with Crippen molar-refractivity contribution in [1.82, 2.24) is 0 Å². The van der Waals surface area contributed by atoms with Crippen molar-refractivity contribution in [2.75, 3.05) is 11.5 Å². The first-order valence-corrected chi connectivity index (χ1v) is 3.73. The average Bonchev–Trinajstić information content (AvgIpc) is 2.07. The molecular weight excluding hydrogens is 148 g/mol. The molecule has 0 unspecified atom stereocenters. The monoisotopic (exact) mass is 157 g/mol. The molecule has 0 aliphatic carbocycles. The van der Waals surface area contributed by atoms with Gasteiger partial charge in [0.15, 0.2) is 0 Å². The molecule has 0 aliphatic heterocycles. The van der Waals surface area contributed by atoms with E-state index in [1.165, 1.54) is 0 Å². The molecule has 0 atom stereocenters. The van der Waals surface area contributed by atoms with Crippen molar-refractivity contribution in [2.24, 2.45) is 0 Å². The summed E-state index contributed by atoms with van der Waals surface area (Å²) in [5.41, 5.74) is 12.3. The number of fused-ring (bicyclic) bond motifs is 1. The van der Waals surface area contributed by atoms with Gasteiger partial charge < -0.3 is 11.5 Å². The van der Waals surface area contributed by atoms with Crippen LogP contribution in [-0.2, 0) is 0 Å². The third-order valence-electron chi connectivity index (χ3n) is 1.85. The number of hydrogen-bond acceptors (Lipinski definition) is 2. The maximum absolute atomic E-state index is 5.63. The minimum atomic E-state index is 0.522. The first-order valence-electron chi connectivity index (χ1n) is 3.73. The summed E-state index contributed by atoms with van der Waals surface area (Å²) < 4.78 is 0. The third-order valence-corrected chi connectivity index (χ3v) is 1.85. The van der Waals surface area contributed by atoms with Crippen LogP contribution in [-0.4, -0.2) is 0 Å².